The molecule has 242 valence electrons. The van der Waals surface area contributed by atoms with Crippen molar-refractivity contribution in [2.45, 2.75) is 144 Å². The van der Waals surface area contributed by atoms with Gasteiger partial charge in [-0.25, -0.2) is 0 Å². The van der Waals surface area contributed by atoms with Crippen molar-refractivity contribution >= 4 is 11.9 Å². The van der Waals surface area contributed by atoms with E-state index in [1.807, 2.05) is 0 Å². The normalized spacial score (nSPS) is 48.8. The Labute approximate surface area is 260 Å². The molecule has 0 heterocycles. The van der Waals surface area contributed by atoms with E-state index in [1.165, 1.54) is 12.5 Å². The average Bonchev–Trinajstić information content (AvgIpc) is 3.27. The largest absolute Gasteiger partial charge is 0.462 e. The molecule has 0 aromatic rings. The summed E-state index contributed by atoms with van der Waals surface area (Å²) in [6, 6.07) is 0. The van der Waals surface area contributed by atoms with Crippen molar-refractivity contribution in [1.29, 1.82) is 0 Å². The lowest BCUT2D eigenvalue weighted by atomic mass is 9.31. The molecule has 6 nitrogen and oxygen atoms in total. The van der Waals surface area contributed by atoms with Gasteiger partial charge in [0, 0.05) is 30.6 Å². The summed E-state index contributed by atoms with van der Waals surface area (Å²) in [6.07, 6.45) is 6.36. The molecule has 0 aromatic carbocycles. The Morgan fingerprint density at radius 2 is 1.63 bits per heavy atom. The Morgan fingerprint density at radius 1 is 0.953 bits per heavy atom. The van der Waals surface area contributed by atoms with Gasteiger partial charge in [-0.15, -0.1) is 0 Å². The van der Waals surface area contributed by atoms with Crippen LogP contribution in [0.4, 0.5) is 0 Å². The van der Waals surface area contributed by atoms with E-state index in [0.717, 1.165) is 51.4 Å². The zero-order chi connectivity index (χ0) is 31.7. The molecule has 5 saturated carbocycles. The highest BCUT2D eigenvalue weighted by molar-refractivity contribution is 5.70. The summed E-state index contributed by atoms with van der Waals surface area (Å²) in [6.45, 7) is 23.8. The smallest absolute Gasteiger partial charge is 0.306 e. The molecular weight excluding hydrogens is 540 g/mol. The van der Waals surface area contributed by atoms with Crippen LogP contribution < -0.4 is 0 Å². The van der Waals surface area contributed by atoms with Gasteiger partial charge in [-0.3, -0.25) is 9.59 Å². The summed E-state index contributed by atoms with van der Waals surface area (Å²) in [4.78, 5) is 26.3. The Balaban J connectivity index is 1.68. The number of hydrogen-bond acceptors (Lipinski definition) is 6. The highest BCUT2D eigenvalue weighted by Gasteiger charge is 2.77. The highest BCUT2D eigenvalue weighted by atomic mass is 16.6. The molecule has 0 spiro atoms. The number of fused-ring (bicyclic) bond motifs is 7. The van der Waals surface area contributed by atoms with E-state index in [2.05, 4.69) is 54.7 Å². The van der Waals surface area contributed by atoms with Crippen LogP contribution in [0, 0.1) is 51.2 Å². The molecule has 5 aliphatic carbocycles. The number of aliphatic hydroxyl groups excluding tert-OH is 2. The number of hydrogen-bond donors (Lipinski definition) is 2. The van der Waals surface area contributed by atoms with Crippen LogP contribution >= 0.6 is 0 Å². The number of carbonyl (C=O) groups excluding carboxylic acids is 2. The minimum absolute atomic E-state index is 0.0216. The maximum atomic E-state index is 13.5. The predicted molar refractivity (Wildman–Crippen MR) is 168 cm³/mol. The first kappa shape index (κ1) is 32.7. The van der Waals surface area contributed by atoms with Gasteiger partial charge in [0.05, 0.1) is 12.2 Å². The zero-order valence-electron chi connectivity index (χ0n) is 27.9. The fourth-order valence-electron chi connectivity index (χ4n) is 12.3. The molecule has 5 aliphatic rings. The zero-order valence-corrected chi connectivity index (χ0v) is 27.9. The maximum Gasteiger partial charge on any atom is 0.306 e. The topological polar surface area (TPSA) is 93.1 Å². The van der Waals surface area contributed by atoms with Crippen LogP contribution in [0.1, 0.15) is 119 Å². The highest BCUT2D eigenvalue weighted by Crippen LogP contribution is 2.77. The molecule has 5 rings (SSSR count). The quantitative estimate of drug-likeness (QED) is 0.183. The Kier molecular flexibility index (Phi) is 8.60. The SMILES string of the molecule is C=C1C2[C@H](O)[C@H](OC(=O)CCCCC)[C@]3(C)C([C@H](OC(C)=O)CC4[C@@]5(C)CC[C@@H](C(=C)C)C5CC[C@]43C)[C@@]2(C)CC[C@@H]1O. The number of aliphatic hydroxyl groups is 2. The second kappa shape index (κ2) is 11.3. The molecule has 5 fully saturated rings. The molecule has 4 unspecified atom stereocenters. The molecule has 2 N–H and O–H groups in total. The molecule has 13 atom stereocenters. The van der Waals surface area contributed by atoms with Crippen molar-refractivity contribution in [2.24, 2.45) is 51.2 Å². The Morgan fingerprint density at radius 3 is 2.26 bits per heavy atom. The van der Waals surface area contributed by atoms with E-state index in [1.54, 1.807) is 0 Å². The molecule has 43 heavy (non-hydrogen) atoms. The summed E-state index contributed by atoms with van der Waals surface area (Å²) in [5, 5.41) is 23.4. The van der Waals surface area contributed by atoms with Crippen LogP contribution in [-0.2, 0) is 19.1 Å². The van der Waals surface area contributed by atoms with Crippen LogP contribution in [0.5, 0.6) is 0 Å². The van der Waals surface area contributed by atoms with Gasteiger partial charge in [0.2, 0.25) is 0 Å². The van der Waals surface area contributed by atoms with Gasteiger partial charge in [0.15, 0.2) is 0 Å². The van der Waals surface area contributed by atoms with E-state index >= 15 is 0 Å². The standard InChI is InChI=1S/C37H58O6/c1-10-11-12-13-29(40)43-33-31(41)30-22(4)26(39)16-18-35(30,7)32-27(42-23(5)38)20-28-34(6)17-14-24(21(2)3)25(34)15-19-36(28,8)37(32,33)9/h24-28,30-33,39,41H,2,4,10-20H2,1,3,5-9H3/t24-,25?,26-,27+,28?,30?,31-,32?,33-,34-,35-,36+,37-/m0/s1. The predicted octanol–water partition coefficient (Wildman–Crippen LogP) is 7.17. The number of esters is 2. The lowest BCUT2D eigenvalue weighted by molar-refractivity contribution is -0.318. The lowest BCUT2D eigenvalue weighted by Gasteiger charge is -2.74. The summed E-state index contributed by atoms with van der Waals surface area (Å²) < 4.78 is 12.9. The average molecular weight is 599 g/mol. The maximum absolute atomic E-state index is 13.5. The summed E-state index contributed by atoms with van der Waals surface area (Å²) in [7, 11) is 0. The van der Waals surface area contributed by atoms with E-state index in [-0.39, 0.29) is 40.7 Å². The number of carbonyl (C=O) groups is 2. The molecule has 0 bridgehead atoms. The summed E-state index contributed by atoms with van der Waals surface area (Å²) in [5.74, 6) is 0.00968. The first-order valence-electron chi connectivity index (χ1n) is 17.1. The third-order valence-electron chi connectivity index (χ3n) is 14.2. The third-order valence-corrected chi connectivity index (χ3v) is 14.2. The van der Waals surface area contributed by atoms with Gasteiger partial charge in [-0.2, -0.15) is 0 Å². The molecular formula is C37H58O6. The summed E-state index contributed by atoms with van der Waals surface area (Å²) >= 11 is 0. The number of rotatable bonds is 7. The van der Waals surface area contributed by atoms with Crippen molar-refractivity contribution in [3.63, 3.8) is 0 Å². The van der Waals surface area contributed by atoms with E-state index in [4.69, 9.17) is 9.47 Å². The van der Waals surface area contributed by atoms with E-state index < -0.39 is 35.1 Å². The number of unbranched alkanes of at least 4 members (excludes halogenated alkanes) is 2. The van der Waals surface area contributed by atoms with Gasteiger partial charge in [-0.05, 0) is 97.9 Å². The van der Waals surface area contributed by atoms with E-state index in [0.29, 0.717) is 36.7 Å². The minimum atomic E-state index is -1.00. The van der Waals surface area contributed by atoms with Crippen LogP contribution in [0.2, 0.25) is 0 Å². The van der Waals surface area contributed by atoms with Crippen molar-refractivity contribution < 1.29 is 29.3 Å². The van der Waals surface area contributed by atoms with Gasteiger partial charge in [0.1, 0.15) is 12.2 Å². The van der Waals surface area contributed by atoms with Crippen LogP contribution in [0.3, 0.4) is 0 Å². The molecule has 0 saturated heterocycles. The van der Waals surface area contributed by atoms with Crippen molar-refractivity contribution in [3.05, 3.63) is 24.3 Å². The second-order valence-corrected chi connectivity index (χ2v) is 16.2. The monoisotopic (exact) mass is 598 g/mol. The fraction of sp³-hybridized carbons (Fsp3) is 0.838. The van der Waals surface area contributed by atoms with Gasteiger partial charge in [0.25, 0.3) is 0 Å². The first-order chi connectivity index (χ1) is 20.1. The fourth-order valence-corrected chi connectivity index (χ4v) is 12.3. The molecule has 6 heteroatoms. The van der Waals surface area contributed by atoms with Crippen LogP contribution in [0.25, 0.3) is 0 Å². The minimum Gasteiger partial charge on any atom is -0.462 e. The van der Waals surface area contributed by atoms with Crippen LogP contribution in [0.15, 0.2) is 24.3 Å². The summed E-state index contributed by atoms with van der Waals surface area (Å²) in [5.41, 5.74) is 0.462. The number of allylic oxidation sites excluding steroid dienone is 1. The van der Waals surface area contributed by atoms with Crippen molar-refractivity contribution in [1.82, 2.24) is 0 Å². The van der Waals surface area contributed by atoms with Gasteiger partial charge in [-0.1, -0.05) is 66.2 Å². The van der Waals surface area contributed by atoms with Gasteiger partial charge >= 0.3 is 11.9 Å². The second-order valence-electron chi connectivity index (χ2n) is 16.2. The molecule has 0 radical (unpaired) electrons. The Bertz CT molecular complexity index is 1150. The molecule has 0 amide bonds. The molecule has 0 aromatic heterocycles. The lowest BCUT2D eigenvalue weighted by Crippen LogP contribution is -2.76. The molecule has 0 aliphatic heterocycles. The van der Waals surface area contributed by atoms with Crippen molar-refractivity contribution in [3.8, 4) is 0 Å². The van der Waals surface area contributed by atoms with Crippen molar-refractivity contribution in [2.75, 3.05) is 0 Å². The first-order valence-corrected chi connectivity index (χ1v) is 17.1. The third kappa shape index (κ3) is 4.70. The van der Waals surface area contributed by atoms with E-state index in [9.17, 15) is 19.8 Å². The van der Waals surface area contributed by atoms with Gasteiger partial charge < -0.3 is 19.7 Å². The van der Waals surface area contributed by atoms with Crippen LogP contribution in [-0.4, -0.2) is 46.6 Å². The number of ether oxygens (including phenoxy) is 2. The Hall–Kier alpha value is -1.66.